The first-order chi connectivity index (χ1) is 17.7. The van der Waals surface area contributed by atoms with Crippen molar-refractivity contribution in [3.63, 3.8) is 0 Å². The summed E-state index contributed by atoms with van der Waals surface area (Å²) in [5, 5.41) is 8.07. The summed E-state index contributed by atoms with van der Waals surface area (Å²) in [5.41, 5.74) is 5.45. The summed E-state index contributed by atoms with van der Waals surface area (Å²) in [6.07, 6.45) is 0. The van der Waals surface area contributed by atoms with Crippen LogP contribution in [0.1, 0.15) is 0 Å². The van der Waals surface area contributed by atoms with Crippen LogP contribution >= 0.6 is 24.4 Å². The molecule has 0 aliphatic heterocycles. The van der Waals surface area contributed by atoms with Gasteiger partial charge in [-0.15, -0.1) is 0 Å². The number of isothiocyanates is 2. The Morgan fingerprint density at radius 1 is 0.667 bits per heavy atom. The van der Waals surface area contributed by atoms with Crippen LogP contribution in [0.15, 0.2) is 82.8 Å². The molecule has 2 aromatic heterocycles. The van der Waals surface area contributed by atoms with Gasteiger partial charge < -0.3 is 4.57 Å². The van der Waals surface area contributed by atoms with Crippen LogP contribution in [0.4, 0.5) is 16.0 Å². The fraction of sp³-hybridized carbons (Fsp3) is 0. The molecule has 36 heavy (non-hydrogen) atoms. The van der Waals surface area contributed by atoms with Gasteiger partial charge in [-0.05, 0) is 60.8 Å². The molecule has 0 amide bonds. The number of benzene rings is 4. The van der Waals surface area contributed by atoms with Crippen LogP contribution in [0, 0.1) is 5.82 Å². The van der Waals surface area contributed by atoms with E-state index in [1.807, 2.05) is 36.4 Å². The molecule has 8 heteroatoms. The lowest BCUT2D eigenvalue weighted by Gasteiger charge is -2.13. The highest BCUT2D eigenvalue weighted by Gasteiger charge is 2.29. The van der Waals surface area contributed by atoms with Crippen molar-refractivity contribution in [3.05, 3.63) is 78.6 Å². The SMILES string of the molecule is Fc1ccc2c3c(ccc(-n4c5ccccc5c5ccccc54)c13)-c1nc(N=C=S)c(N=C=S)nc1-2. The van der Waals surface area contributed by atoms with Gasteiger partial charge in [0.2, 0.25) is 11.6 Å². The smallest absolute Gasteiger partial charge is 0.209 e. The standard InChI is InChI=1S/C28H12FN5S2/c29-19-11-9-17-23-18(26-25(17)32-27(30-13-35)28(33-26)31-14-36)10-12-22(24(19)23)34-20-7-3-1-5-15(20)16-6-2-4-8-21(16)34/h1-12H. The second-order valence-corrected chi connectivity index (χ2v) is 8.69. The van der Waals surface area contributed by atoms with Gasteiger partial charge in [-0.1, -0.05) is 36.4 Å². The zero-order chi connectivity index (χ0) is 24.4. The molecule has 0 fully saturated rings. The summed E-state index contributed by atoms with van der Waals surface area (Å²) >= 11 is 9.54. The number of rotatable bonds is 3. The Balaban J connectivity index is 1.62. The predicted molar refractivity (Wildman–Crippen MR) is 148 cm³/mol. The molecule has 0 radical (unpaired) electrons. The summed E-state index contributed by atoms with van der Waals surface area (Å²) in [6, 6.07) is 23.4. The monoisotopic (exact) mass is 501 g/mol. The Bertz CT molecular complexity index is 1930. The topological polar surface area (TPSA) is 55.4 Å². The predicted octanol–water partition coefficient (Wildman–Crippen LogP) is 7.98. The second kappa shape index (κ2) is 7.78. The highest BCUT2D eigenvalue weighted by molar-refractivity contribution is 7.78. The first-order valence-corrected chi connectivity index (χ1v) is 11.8. The minimum atomic E-state index is -0.324. The molecule has 4 aromatic carbocycles. The summed E-state index contributed by atoms with van der Waals surface area (Å²) in [6.45, 7) is 0. The maximum Gasteiger partial charge on any atom is 0.209 e. The fourth-order valence-electron chi connectivity index (χ4n) is 5.23. The van der Waals surface area contributed by atoms with Gasteiger partial charge >= 0.3 is 0 Å². The summed E-state index contributed by atoms with van der Waals surface area (Å²) < 4.78 is 17.8. The minimum Gasteiger partial charge on any atom is -0.309 e. The van der Waals surface area contributed by atoms with E-state index in [4.69, 9.17) is 24.4 Å². The highest BCUT2D eigenvalue weighted by atomic mass is 32.1. The van der Waals surface area contributed by atoms with Crippen LogP contribution in [-0.2, 0) is 0 Å². The van der Waals surface area contributed by atoms with Crippen molar-refractivity contribution in [2.45, 2.75) is 0 Å². The van der Waals surface area contributed by atoms with E-state index in [9.17, 15) is 0 Å². The van der Waals surface area contributed by atoms with Crippen LogP contribution < -0.4 is 0 Å². The van der Waals surface area contributed by atoms with Gasteiger partial charge in [0.1, 0.15) is 5.82 Å². The quantitative estimate of drug-likeness (QED) is 0.182. The number of hydrogen-bond acceptors (Lipinski definition) is 6. The molecule has 0 saturated heterocycles. The number of thiocarbonyl (C=S) groups is 2. The molecule has 7 rings (SSSR count). The average Bonchev–Trinajstić information content (AvgIpc) is 3.40. The lowest BCUT2D eigenvalue weighted by molar-refractivity contribution is 0.639. The molecule has 6 aromatic rings. The van der Waals surface area contributed by atoms with Crippen molar-refractivity contribution in [3.8, 4) is 28.2 Å². The number of aromatic nitrogens is 3. The summed E-state index contributed by atoms with van der Waals surface area (Å²) in [5.74, 6) is 0.0533. The average molecular weight is 502 g/mol. The minimum absolute atomic E-state index is 0.189. The largest absolute Gasteiger partial charge is 0.309 e. The number of fused-ring (bicyclic) bond motifs is 6. The van der Waals surface area contributed by atoms with Crippen LogP contribution in [0.5, 0.6) is 0 Å². The van der Waals surface area contributed by atoms with Crippen molar-refractivity contribution in [2.75, 3.05) is 0 Å². The van der Waals surface area contributed by atoms with Gasteiger partial charge in [0, 0.05) is 32.7 Å². The zero-order valence-corrected chi connectivity index (χ0v) is 20.0. The molecule has 1 aliphatic rings. The second-order valence-electron chi connectivity index (χ2n) is 8.32. The summed E-state index contributed by atoms with van der Waals surface area (Å²) in [4.78, 5) is 17.3. The van der Waals surface area contributed by atoms with Crippen LogP contribution in [0.2, 0.25) is 0 Å². The first-order valence-electron chi connectivity index (χ1n) is 11.0. The number of halogens is 1. The van der Waals surface area contributed by atoms with Crippen molar-refractivity contribution in [2.24, 2.45) is 9.98 Å². The molecule has 0 atom stereocenters. The van der Waals surface area contributed by atoms with Crippen LogP contribution in [0.25, 0.3) is 60.8 Å². The van der Waals surface area contributed by atoms with Gasteiger partial charge in [0.05, 0.1) is 38.4 Å². The molecular formula is C28H12FN5S2. The van der Waals surface area contributed by atoms with Crippen molar-refractivity contribution in [1.82, 2.24) is 14.5 Å². The molecular weight excluding hydrogens is 489 g/mol. The molecule has 2 heterocycles. The lowest BCUT2D eigenvalue weighted by Crippen LogP contribution is -1.97. The van der Waals surface area contributed by atoms with E-state index in [2.05, 4.69) is 59.1 Å². The number of hydrogen-bond donors (Lipinski definition) is 0. The van der Waals surface area contributed by atoms with E-state index in [0.717, 1.165) is 44.0 Å². The van der Waals surface area contributed by atoms with E-state index in [-0.39, 0.29) is 17.5 Å². The number of nitrogens with zero attached hydrogens (tertiary/aromatic N) is 5. The van der Waals surface area contributed by atoms with E-state index < -0.39 is 0 Å². The fourth-order valence-corrected chi connectivity index (χ4v) is 5.40. The molecule has 0 N–H and O–H groups in total. The number of para-hydroxylation sites is 2. The molecule has 168 valence electrons. The van der Waals surface area contributed by atoms with Crippen LogP contribution in [-0.4, -0.2) is 24.9 Å². The Morgan fingerprint density at radius 2 is 1.19 bits per heavy atom. The van der Waals surface area contributed by atoms with Gasteiger partial charge in [0.15, 0.2) is 0 Å². The third-order valence-electron chi connectivity index (χ3n) is 6.58. The first kappa shape index (κ1) is 20.9. The van der Waals surface area contributed by atoms with Gasteiger partial charge in [-0.25, -0.2) is 14.4 Å². The summed E-state index contributed by atoms with van der Waals surface area (Å²) in [7, 11) is 0. The molecule has 0 saturated carbocycles. The third-order valence-corrected chi connectivity index (χ3v) is 6.76. The van der Waals surface area contributed by atoms with Crippen LogP contribution in [0.3, 0.4) is 0 Å². The Hall–Kier alpha value is -4.45. The van der Waals surface area contributed by atoms with Crippen molar-refractivity contribution in [1.29, 1.82) is 0 Å². The zero-order valence-electron chi connectivity index (χ0n) is 18.4. The van der Waals surface area contributed by atoms with Gasteiger partial charge in [0.25, 0.3) is 0 Å². The third kappa shape index (κ3) is 2.75. The van der Waals surface area contributed by atoms with E-state index in [1.165, 1.54) is 6.07 Å². The Morgan fingerprint density at radius 3 is 1.75 bits per heavy atom. The molecule has 5 nitrogen and oxygen atoms in total. The maximum atomic E-state index is 15.7. The van der Waals surface area contributed by atoms with Crippen molar-refractivity contribution < 1.29 is 4.39 Å². The van der Waals surface area contributed by atoms with E-state index in [1.54, 1.807) is 6.07 Å². The molecule has 0 spiro atoms. The normalized spacial score (nSPS) is 11.5. The Labute approximate surface area is 214 Å². The molecule has 0 unspecified atom stereocenters. The van der Waals surface area contributed by atoms with Gasteiger partial charge in [-0.2, -0.15) is 9.98 Å². The van der Waals surface area contributed by atoms with E-state index >= 15 is 4.39 Å². The van der Waals surface area contributed by atoms with Crippen molar-refractivity contribution >= 4 is 79.0 Å². The maximum absolute atomic E-state index is 15.7. The Kier molecular flexibility index (Phi) is 4.51. The lowest BCUT2D eigenvalue weighted by atomic mass is 10.0. The molecule has 1 aliphatic carbocycles. The van der Waals surface area contributed by atoms with E-state index in [0.29, 0.717) is 16.8 Å². The van der Waals surface area contributed by atoms with Gasteiger partial charge in [-0.3, -0.25) is 0 Å². The number of aliphatic imine (C=N–C) groups is 2. The molecule has 0 bridgehead atoms. The highest BCUT2D eigenvalue weighted by Crippen LogP contribution is 2.49.